The number of carbonyl (C=O) groups is 1. The van der Waals surface area contributed by atoms with Crippen LogP contribution < -0.4 is 11.1 Å². The molecule has 1 saturated heterocycles. The first-order chi connectivity index (χ1) is 11.9. The fourth-order valence-corrected chi connectivity index (χ4v) is 4.89. The minimum atomic E-state index is -3.48. The Morgan fingerprint density at radius 3 is 2.50 bits per heavy atom. The zero-order valence-electron chi connectivity index (χ0n) is 15.1. The van der Waals surface area contributed by atoms with E-state index in [0.717, 1.165) is 25.7 Å². The number of benzene rings is 1. The van der Waals surface area contributed by atoms with Crippen LogP contribution in [0.25, 0.3) is 0 Å². The first kappa shape index (κ1) is 21.2. The second kappa shape index (κ2) is 8.69. The third-order valence-corrected chi connectivity index (χ3v) is 6.98. The van der Waals surface area contributed by atoms with Crippen LogP contribution in [0.5, 0.6) is 0 Å². The van der Waals surface area contributed by atoms with Crippen LogP contribution in [0.3, 0.4) is 0 Å². The number of carbonyl (C=O) groups excluding carboxylic acids is 1. The van der Waals surface area contributed by atoms with Crippen molar-refractivity contribution in [2.75, 3.05) is 19.6 Å². The molecule has 0 spiro atoms. The third-order valence-electron chi connectivity index (χ3n) is 5.10. The van der Waals surface area contributed by atoms with Gasteiger partial charge in [0, 0.05) is 31.2 Å². The molecule has 1 amide bonds. The van der Waals surface area contributed by atoms with Crippen molar-refractivity contribution in [1.82, 2.24) is 9.62 Å². The molecule has 2 fully saturated rings. The van der Waals surface area contributed by atoms with E-state index in [-0.39, 0.29) is 29.3 Å². The molecule has 146 valence electrons. The predicted molar refractivity (Wildman–Crippen MR) is 104 cm³/mol. The summed E-state index contributed by atoms with van der Waals surface area (Å²) < 4.78 is 27.0. The number of hydrogen-bond acceptors (Lipinski definition) is 4. The zero-order chi connectivity index (χ0) is 18.0. The molecule has 1 saturated carbocycles. The normalized spacial score (nSPS) is 22.3. The van der Waals surface area contributed by atoms with E-state index in [9.17, 15) is 13.2 Å². The minimum Gasteiger partial charge on any atom is -0.350 e. The molecule has 0 radical (unpaired) electrons. The first-order valence-electron chi connectivity index (χ1n) is 9.02. The maximum Gasteiger partial charge on any atom is 0.251 e. The van der Waals surface area contributed by atoms with Crippen molar-refractivity contribution in [3.63, 3.8) is 0 Å². The van der Waals surface area contributed by atoms with Gasteiger partial charge in [-0.15, -0.1) is 12.4 Å². The fourth-order valence-electron chi connectivity index (χ4n) is 3.30. The standard InChI is InChI=1S/C18H27N3O3S.ClH/c1-13-3-2-10-21(12-13)25(23,24)16-8-6-15(7-9-16)18(22)20-11-17(19)14-4-5-14;/h6-9,13-14,17H,2-5,10-12,19H2,1H3,(H,20,22);1H. The monoisotopic (exact) mass is 401 g/mol. The van der Waals surface area contributed by atoms with Crippen LogP contribution in [0.4, 0.5) is 0 Å². The van der Waals surface area contributed by atoms with Crippen molar-refractivity contribution in [2.45, 2.75) is 43.5 Å². The Kier molecular flexibility index (Phi) is 7.07. The Morgan fingerprint density at radius 1 is 1.27 bits per heavy atom. The van der Waals surface area contributed by atoms with E-state index in [4.69, 9.17) is 5.73 Å². The highest BCUT2D eigenvalue weighted by molar-refractivity contribution is 7.89. The zero-order valence-corrected chi connectivity index (χ0v) is 16.7. The molecule has 3 N–H and O–H groups in total. The van der Waals surface area contributed by atoms with Gasteiger partial charge in [-0.05, 0) is 61.8 Å². The number of halogens is 1. The lowest BCUT2D eigenvalue weighted by atomic mass is 10.0. The van der Waals surface area contributed by atoms with Crippen LogP contribution in [-0.2, 0) is 10.0 Å². The summed E-state index contributed by atoms with van der Waals surface area (Å²) in [5.41, 5.74) is 6.43. The summed E-state index contributed by atoms with van der Waals surface area (Å²) in [7, 11) is -3.48. The van der Waals surface area contributed by atoms with Gasteiger partial charge in [0.25, 0.3) is 5.91 Å². The summed E-state index contributed by atoms with van der Waals surface area (Å²) in [5.74, 6) is 0.690. The minimum absolute atomic E-state index is 0. The van der Waals surface area contributed by atoms with Crippen LogP contribution >= 0.6 is 12.4 Å². The van der Waals surface area contributed by atoms with Gasteiger partial charge < -0.3 is 11.1 Å². The Balaban J connectivity index is 0.00000243. The molecule has 1 aliphatic carbocycles. The SMILES string of the molecule is CC1CCCN(S(=O)(=O)c2ccc(C(=O)NCC(N)C3CC3)cc2)C1.Cl. The van der Waals surface area contributed by atoms with Gasteiger partial charge in [-0.3, -0.25) is 4.79 Å². The molecule has 2 aliphatic rings. The van der Waals surface area contributed by atoms with E-state index in [1.54, 1.807) is 16.4 Å². The van der Waals surface area contributed by atoms with Crippen molar-refractivity contribution in [2.24, 2.45) is 17.6 Å². The molecule has 1 heterocycles. The van der Waals surface area contributed by atoms with E-state index in [0.29, 0.717) is 37.0 Å². The number of amides is 1. The van der Waals surface area contributed by atoms with E-state index in [1.807, 2.05) is 0 Å². The Bertz CT molecular complexity index is 720. The summed E-state index contributed by atoms with van der Waals surface area (Å²) in [5, 5.41) is 2.82. The second-order valence-electron chi connectivity index (χ2n) is 7.35. The molecule has 2 atom stereocenters. The van der Waals surface area contributed by atoms with E-state index in [1.165, 1.54) is 12.1 Å². The smallest absolute Gasteiger partial charge is 0.251 e. The molecule has 1 aromatic rings. The molecule has 0 aromatic heterocycles. The van der Waals surface area contributed by atoms with Crippen LogP contribution in [0.15, 0.2) is 29.2 Å². The molecule has 6 nitrogen and oxygen atoms in total. The molecule has 3 rings (SSSR count). The van der Waals surface area contributed by atoms with Gasteiger partial charge in [-0.25, -0.2) is 8.42 Å². The third kappa shape index (κ3) is 4.97. The average molecular weight is 402 g/mol. The number of nitrogens with zero attached hydrogens (tertiary/aromatic N) is 1. The number of nitrogens with one attached hydrogen (secondary N) is 1. The van der Waals surface area contributed by atoms with E-state index >= 15 is 0 Å². The van der Waals surface area contributed by atoms with Gasteiger partial charge in [0.05, 0.1) is 4.90 Å². The molecular weight excluding hydrogens is 374 g/mol. The number of nitrogens with two attached hydrogens (primary N) is 1. The maximum absolute atomic E-state index is 12.7. The van der Waals surface area contributed by atoms with Gasteiger partial charge in [0.15, 0.2) is 0 Å². The maximum atomic E-state index is 12.7. The topological polar surface area (TPSA) is 92.5 Å². The first-order valence-corrected chi connectivity index (χ1v) is 10.5. The van der Waals surface area contributed by atoms with Gasteiger partial charge >= 0.3 is 0 Å². The summed E-state index contributed by atoms with van der Waals surface area (Å²) in [4.78, 5) is 12.4. The lowest BCUT2D eigenvalue weighted by Gasteiger charge is -2.30. The molecule has 0 bridgehead atoms. The van der Waals surface area contributed by atoms with E-state index in [2.05, 4.69) is 12.2 Å². The summed E-state index contributed by atoms with van der Waals surface area (Å²) in [6.45, 7) is 3.65. The second-order valence-corrected chi connectivity index (χ2v) is 9.28. The van der Waals surface area contributed by atoms with Crippen molar-refractivity contribution < 1.29 is 13.2 Å². The van der Waals surface area contributed by atoms with E-state index < -0.39 is 10.0 Å². The van der Waals surface area contributed by atoms with Crippen molar-refractivity contribution in [1.29, 1.82) is 0 Å². The Hall–Kier alpha value is -1.15. The quantitative estimate of drug-likeness (QED) is 0.762. The van der Waals surface area contributed by atoms with Crippen LogP contribution in [0.2, 0.25) is 0 Å². The molecule has 1 aromatic carbocycles. The van der Waals surface area contributed by atoms with Crippen LogP contribution in [0.1, 0.15) is 43.0 Å². The van der Waals surface area contributed by atoms with Crippen molar-refractivity contribution in [3.05, 3.63) is 29.8 Å². The molecule has 1 aliphatic heterocycles. The lowest BCUT2D eigenvalue weighted by Crippen LogP contribution is -2.39. The largest absolute Gasteiger partial charge is 0.350 e. The van der Waals surface area contributed by atoms with Crippen molar-refractivity contribution in [3.8, 4) is 0 Å². The molecule has 2 unspecified atom stereocenters. The average Bonchev–Trinajstić information content (AvgIpc) is 3.44. The number of sulfonamides is 1. The highest BCUT2D eigenvalue weighted by Crippen LogP contribution is 2.31. The van der Waals surface area contributed by atoms with Gasteiger partial charge in [-0.1, -0.05) is 6.92 Å². The molecule has 8 heteroatoms. The summed E-state index contributed by atoms with van der Waals surface area (Å²) in [6.07, 6.45) is 4.23. The van der Waals surface area contributed by atoms with Gasteiger partial charge in [0.1, 0.15) is 0 Å². The summed E-state index contributed by atoms with van der Waals surface area (Å²) in [6, 6.07) is 6.18. The van der Waals surface area contributed by atoms with Crippen molar-refractivity contribution >= 4 is 28.3 Å². The number of rotatable bonds is 6. The Morgan fingerprint density at radius 2 is 1.92 bits per heavy atom. The van der Waals surface area contributed by atoms with Gasteiger partial charge in [0.2, 0.25) is 10.0 Å². The number of hydrogen-bond donors (Lipinski definition) is 2. The molecule has 26 heavy (non-hydrogen) atoms. The Labute approximate surface area is 162 Å². The van der Waals surface area contributed by atoms with Gasteiger partial charge in [-0.2, -0.15) is 4.31 Å². The highest BCUT2D eigenvalue weighted by atomic mass is 35.5. The predicted octanol–water partition coefficient (Wildman–Crippen LogP) is 2.00. The number of piperidine rings is 1. The summed E-state index contributed by atoms with van der Waals surface area (Å²) >= 11 is 0. The fraction of sp³-hybridized carbons (Fsp3) is 0.611. The highest BCUT2D eigenvalue weighted by Gasteiger charge is 2.29. The van der Waals surface area contributed by atoms with Crippen LogP contribution in [0, 0.1) is 11.8 Å². The molecular formula is C18H28ClN3O3S. The lowest BCUT2D eigenvalue weighted by molar-refractivity contribution is 0.0950. The van der Waals surface area contributed by atoms with Crippen LogP contribution in [-0.4, -0.2) is 44.3 Å².